The molecule has 0 N–H and O–H groups in total. The van der Waals surface area contributed by atoms with Crippen molar-refractivity contribution in [1.29, 1.82) is 0 Å². The largest absolute Gasteiger partial charge is 0.477 e. The van der Waals surface area contributed by atoms with Gasteiger partial charge < -0.3 is 9.64 Å². The van der Waals surface area contributed by atoms with Crippen LogP contribution >= 0.6 is 0 Å². The van der Waals surface area contributed by atoms with Crippen LogP contribution in [0.1, 0.15) is 12.8 Å². The highest BCUT2D eigenvalue weighted by atomic mass is 16.5. The molecular formula is C16H21N3O2. The predicted molar refractivity (Wildman–Crippen MR) is 83.1 cm³/mol. The molecule has 0 atom stereocenters. The summed E-state index contributed by atoms with van der Waals surface area (Å²) in [4.78, 5) is 14.0. The summed E-state index contributed by atoms with van der Waals surface area (Å²) in [7, 11) is 4.11. The standard InChI is InChI=1S/C16H21N3O2/c1-18(2)12-6-7-13-21-15-10-11-16(20)19(17-15)14-8-4-3-5-9-14/h3-5,8-11H,6-7,12-13H2,1-2H3. The lowest BCUT2D eigenvalue weighted by molar-refractivity contribution is 0.278. The minimum atomic E-state index is -0.166. The van der Waals surface area contributed by atoms with Crippen LogP contribution in [0.15, 0.2) is 47.3 Å². The molecule has 0 aliphatic rings. The maximum Gasteiger partial charge on any atom is 0.271 e. The Morgan fingerprint density at radius 2 is 1.86 bits per heavy atom. The van der Waals surface area contributed by atoms with Crippen molar-refractivity contribution in [2.45, 2.75) is 12.8 Å². The molecule has 0 spiro atoms. The highest BCUT2D eigenvalue weighted by molar-refractivity contribution is 5.30. The van der Waals surface area contributed by atoms with E-state index in [2.05, 4.69) is 24.1 Å². The Balaban J connectivity index is 1.98. The van der Waals surface area contributed by atoms with Gasteiger partial charge in [-0.25, -0.2) is 0 Å². The van der Waals surface area contributed by atoms with E-state index in [0.29, 0.717) is 12.5 Å². The first-order valence-corrected chi connectivity index (χ1v) is 7.10. The molecule has 0 saturated heterocycles. The number of hydrogen-bond acceptors (Lipinski definition) is 4. The van der Waals surface area contributed by atoms with Gasteiger partial charge in [-0.3, -0.25) is 4.79 Å². The summed E-state index contributed by atoms with van der Waals surface area (Å²) in [6.07, 6.45) is 2.04. The van der Waals surface area contributed by atoms with Gasteiger partial charge in [0.05, 0.1) is 12.3 Å². The lowest BCUT2D eigenvalue weighted by Crippen LogP contribution is -2.20. The van der Waals surface area contributed by atoms with Gasteiger partial charge in [0.15, 0.2) is 0 Å². The van der Waals surface area contributed by atoms with E-state index in [1.165, 1.54) is 10.7 Å². The van der Waals surface area contributed by atoms with Gasteiger partial charge in [0.25, 0.3) is 5.56 Å². The van der Waals surface area contributed by atoms with Gasteiger partial charge in [-0.1, -0.05) is 18.2 Å². The van der Waals surface area contributed by atoms with Crippen molar-refractivity contribution in [2.24, 2.45) is 0 Å². The van der Waals surface area contributed by atoms with Crippen LogP contribution < -0.4 is 10.3 Å². The van der Waals surface area contributed by atoms with Crippen molar-refractivity contribution in [3.05, 3.63) is 52.8 Å². The molecule has 0 fully saturated rings. The highest BCUT2D eigenvalue weighted by Crippen LogP contribution is 2.07. The zero-order chi connectivity index (χ0) is 15.1. The second kappa shape index (κ2) is 7.59. The number of ether oxygens (including phenoxy) is 1. The smallest absolute Gasteiger partial charge is 0.271 e. The van der Waals surface area contributed by atoms with Crippen molar-refractivity contribution in [1.82, 2.24) is 14.7 Å². The van der Waals surface area contributed by atoms with Gasteiger partial charge in [-0.15, -0.1) is 5.10 Å². The van der Waals surface area contributed by atoms with Crippen molar-refractivity contribution in [2.75, 3.05) is 27.2 Å². The number of benzene rings is 1. The number of rotatable bonds is 7. The molecular weight excluding hydrogens is 266 g/mol. The lowest BCUT2D eigenvalue weighted by atomic mass is 10.3. The zero-order valence-corrected chi connectivity index (χ0v) is 12.5. The van der Waals surface area contributed by atoms with E-state index in [9.17, 15) is 4.79 Å². The van der Waals surface area contributed by atoms with E-state index in [1.807, 2.05) is 30.3 Å². The van der Waals surface area contributed by atoms with Crippen LogP contribution in [0, 0.1) is 0 Å². The van der Waals surface area contributed by atoms with Gasteiger partial charge in [0.1, 0.15) is 0 Å². The summed E-state index contributed by atoms with van der Waals surface area (Å²) >= 11 is 0. The van der Waals surface area contributed by atoms with Gasteiger partial charge in [-0.2, -0.15) is 4.68 Å². The second-order valence-electron chi connectivity index (χ2n) is 5.12. The average molecular weight is 287 g/mol. The summed E-state index contributed by atoms with van der Waals surface area (Å²) < 4.78 is 6.97. The third-order valence-electron chi connectivity index (χ3n) is 3.03. The van der Waals surface area contributed by atoms with Crippen LogP contribution in [0.3, 0.4) is 0 Å². The topological polar surface area (TPSA) is 47.4 Å². The first-order valence-electron chi connectivity index (χ1n) is 7.10. The molecule has 21 heavy (non-hydrogen) atoms. The second-order valence-corrected chi connectivity index (χ2v) is 5.12. The van der Waals surface area contributed by atoms with Crippen molar-refractivity contribution >= 4 is 0 Å². The van der Waals surface area contributed by atoms with Crippen molar-refractivity contribution in [3.63, 3.8) is 0 Å². The van der Waals surface area contributed by atoms with Crippen LogP contribution in [-0.4, -0.2) is 41.9 Å². The Labute approximate surface area is 124 Å². The molecule has 5 nitrogen and oxygen atoms in total. The molecule has 1 aromatic heterocycles. The number of aromatic nitrogens is 2. The van der Waals surface area contributed by atoms with Gasteiger partial charge >= 0.3 is 0 Å². The summed E-state index contributed by atoms with van der Waals surface area (Å²) in [6.45, 7) is 1.65. The van der Waals surface area contributed by atoms with Crippen molar-refractivity contribution < 1.29 is 4.74 Å². The maximum absolute atomic E-state index is 11.9. The van der Waals surface area contributed by atoms with E-state index in [4.69, 9.17) is 4.74 Å². The molecule has 1 heterocycles. The Morgan fingerprint density at radius 1 is 1.10 bits per heavy atom. The van der Waals surface area contributed by atoms with E-state index >= 15 is 0 Å². The van der Waals surface area contributed by atoms with E-state index < -0.39 is 0 Å². The zero-order valence-electron chi connectivity index (χ0n) is 12.5. The van der Waals surface area contributed by atoms with Crippen molar-refractivity contribution in [3.8, 4) is 11.6 Å². The molecule has 1 aromatic carbocycles. The van der Waals surface area contributed by atoms with Gasteiger partial charge in [0, 0.05) is 12.1 Å². The molecule has 112 valence electrons. The minimum absolute atomic E-state index is 0.166. The van der Waals surface area contributed by atoms with Crippen LogP contribution in [0.25, 0.3) is 5.69 Å². The fourth-order valence-electron chi connectivity index (χ4n) is 1.93. The normalized spacial score (nSPS) is 10.8. The summed E-state index contributed by atoms with van der Waals surface area (Å²) in [5.74, 6) is 0.475. The van der Waals surface area contributed by atoms with E-state index in [1.54, 1.807) is 6.07 Å². The quantitative estimate of drug-likeness (QED) is 0.730. The van der Waals surface area contributed by atoms with Crippen LogP contribution in [0.4, 0.5) is 0 Å². The number of unbranched alkanes of at least 4 members (excludes halogenated alkanes) is 1. The summed E-state index contributed by atoms with van der Waals surface area (Å²) in [5, 5.41) is 4.25. The Kier molecular flexibility index (Phi) is 5.51. The molecule has 0 aliphatic heterocycles. The highest BCUT2D eigenvalue weighted by Gasteiger charge is 2.03. The number of nitrogens with zero attached hydrogens (tertiary/aromatic N) is 3. The first kappa shape index (κ1) is 15.3. The fraction of sp³-hybridized carbons (Fsp3) is 0.375. The van der Waals surface area contributed by atoms with Gasteiger partial charge in [-0.05, 0) is 45.6 Å². The Bertz CT molecular complexity index is 608. The number of hydrogen-bond donors (Lipinski definition) is 0. The predicted octanol–water partition coefficient (Wildman–Crippen LogP) is 1.95. The monoisotopic (exact) mass is 287 g/mol. The van der Waals surface area contributed by atoms with Gasteiger partial charge in [0.2, 0.25) is 5.88 Å². The molecule has 5 heteroatoms. The molecule has 0 aliphatic carbocycles. The Morgan fingerprint density at radius 3 is 2.57 bits per heavy atom. The van der Waals surface area contributed by atoms with E-state index in [-0.39, 0.29) is 5.56 Å². The average Bonchev–Trinajstić information content (AvgIpc) is 2.49. The molecule has 0 radical (unpaired) electrons. The van der Waals surface area contributed by atoms with Crippen LogP contribution in [0.5, 0.6) is 5.88 Å². The fourth-order valence-corrected chi connectivity index (χ4v) is 1.93. The molecule has 2 aromatic rings. The molecule has 0 bridgehead atoms. The minimum Gasteiger partial charge on any atom is -0.477 e. The third-order valence-corrected chi connectivity index (χ3v) is 3.03. The molecule has 2 rings (SSSR count). The lowest BCUT2D eigenvalue weighted by Gasteiger charge is -2.10. The molecule has 0 unspecified atom stereocenters. The van der Waals surface area contributed by atoms with Crippen LogP contribution in [0.2, 0.25) is 0 Å². The molecule has 0 amide bonds. The number of para-hydroxylation sites is 1. The SMILES string of the molecule is CN(C)CCCCOc1ccc(=O)n(-c2ccccc2)n1. The summed E-state index contributed by atoms with van der Waals surface area (Å²) in [6, 6.07) is 12.4. The maximum atomic E-state index is 11.9. The third kappa shape index (κ3) is 4.72. The summed E-state index contributed by atoms with van der Waals surface area (Å²) in [5.41, 5.74) is 0.571. The Hall–Kier alpha value is -2.14. The molecule has 0 saturated carbocycles. The van der Waals surface area contributed by atoms with Crippen LogP contribution in [-0.2, 0) is 0 Å². The van der Waals surface area contributed by atoms with E-state index in [0.717, 1.165) is 25.1 Å². The first-order chi connectivity index (χ1) is 10.2.